The van der Waals surface area contributed by atoms with Gasteiger partial charge in [0.15, 0.2) is 0 Å². The van der Waals surface area contributed by atoms with Crippen LogP contribution in [0.2, 0.25) is 0 Å². The van der Waals surface area contributed by atoms with Crippen molar-refractivity contribution < 1.29 is 5.11 Å². The summed E-state index contributed by atoms with van der Waals surface area (Å²) in [5.41, 5.74) is 3.22. The Morgan fingerprint density at radius 2 is 1.67 bits per heavy atom. The summed E-state index contributed by atoms with van der Waals surface area (Å²) in [7, 11) is 0. The number of rotatable bonds is 6. The first kappa shape index (κ1) is 15.7. The lowest BCUT2D eigenvalue weighted by Crippen LogP contribution is -2.25. The van der Waals surface area contributed by atoms with E-state index in [1.165, 1.54) is 5.56 Å². The van der Waals surface area contributed by atoms with Crippen molar-refractivity contribution in [3.63, 3.8) is 0 Å². The maximum atomic E-state index is 10.3. The summed E-state index contributed by atoms with van der Waals surface area (Å²) in [6, 6.07) is 14.2. The van der Waals surface area contributed by atoms with Gasteiger partial charge in [-0.1, -0.05) is 44.2 Å². The molecule has 1 unspecified atom stereocenters. The lowest BCUT2D eigenvalue weighted by molar-refractivity contribution is 0.170. The molecule has 3 nitrogen and oxygen atoms in total. The average molecular weight is 284 g/mol. The van der Waals surface area contributed by atoms with E-state index in [1.807, 2.05) is 30.3 Å². The molecule has 0 aliphatic heterocycles. The van der Waals surface area contributed by atoms with Gasteiger partial charge in [-0.15, -0.1) is 0 Å². The summed E-state index contributed by atoms with van der Waals surface area (Å²) in [5, 5.41) is 13.6. The molecule has 0 saturated heterocycles. The molecule has 1 heterocycles. The van der Waals surface area contributed by atoms with E-state index in [1.54, 1.807) is 6.20 Å². The largest absolute Gasteiger partial charge is 0.387 e. The van der Waals surface area contributed by atoms with Crippen molar-refractivity contribution in [3.8, 4) is 0 Å². The highest BCUT2D eigenvalue weighted by atomic mass is 16.3. The molecule has 0 fully saturated rings. The Labute approximate surface area is 127 Å². The van der Waals surface area contributed by atoms with Gasteiger partial charge in [0.25, 0.3) is 0 Å². The SMILES string of the molecule is CC(C)c1ccc(C(O)CN[C@@H](C)c2ccccn2)cc1. The Bertz CT molecular complexity index is 537. The van der Waals surface area contributed by atoms with E-state index < -0.39 is 6.10 Å². The van der Waals surface area contributed by atoms with Crippen LogP contribution in [0.25, 0.3) is 0 Å². The second-order valence-corrected chi connectivity index (χ2v) is 5.72. The van der Waals surface area contributed by atoms with Crippen molar-refractivity contribution in [1.82, 2.24) is 10.3 Å². The van der Waals surface area contributed by atoms with Crippen LogP contribution in [-0.2, 0) is 0 Å². The molecule has 0 saturated carbocycles. The molecule has 1 aromatic carbocycles. The fourth-order valence-electron chi connectivity index (χ4n) is 2.25. The Balaban J connectivity index is 1.91. The van der Waals surface area contributed by atoms with E-state index in [0.717, 1.165) is 11.3 Å². The van der Waals surface area contributed by atoms with Crippen LogP contribution in [0.15, 0.2) is 48.7 Å². The fraction of sp³-hybridized carbons (Fsp3) is 0.389. The third kappa shape index (κ3) is 4.38. The molecule has 2 aromatic rings. The third-order valence-electron chi connectivity index (χ3n) is 3.74. The first-order valence-corrected chi connectivity index (χ1v) is 7.50. The van der Waals surface area contributed by atoms with Crippen molar-refractivity contribution in [2.75, 3.05) is 6.54 Å². The normalized spacial score (nSPS) is 14.1. The van der Waals surface area contributed by atoms with Crippen LogP contribution >= 0.6 is 0 Å². The molecule has 0 aliphatic carbocycles. The molecular formula is C18H24N2O. The summed E-state index contributed by atoms with van der Waals surface area (Å²) >= 11 is 0. The van der Waals surface area contributed by atoms with Gasteiger partial charge < -0.3 is 10.4 Å². The zero-order chi connectivity index (χ0) is 15.2. The van der Waals surface area contributed by atoms with Gasteiger partial charge in [-0.05, 0) is 36.1 Å². The lowest BCUT2D eigenvalue weighted by Gasteiger charge is -2.17. The predicted octanol–water partition coefficient (Wildman–Crippen LogP) is 3.59. The molecular weight excluding hydrogens is 260 g/mol. The third-order valence-corrected chi connectivity index (χ3v) is 3.74. The molecule has 21 heavy (non-hydrogen) atoms. The van der Waals surface area contributed by atoms with Crippen molar-refractivity contribution in [1.29, 1.82) is 0 Å². The molecule has 0 bridgehead atoms. The second-order valence-electron chi connectivity index (χ2n) is 5.72. The summed E-state index contributed by atoms with van der Waals surface area (Å²) < 4.78 is 0. The number of aliphatic hydroxyl groups excluding tert-OH is 1. The predicted molar refractivity (Wildman–Crippen MR) is 86.1 cm³/mol. The van der Waals surface area contributed by atoms with E-state index in [4.69, 9.17) is 0 Å². The Kier molecular flexibility index (Phi) is 5.48. The van der Waals surface area contributed by atoms with E-state index in [0.29, 0.717) is 12.5 Å². The molecule has 112 valence electrons. The summed E-state index contributed by atoms with van der Waals surface area (Å²) in [4.78, 5) is 4.32. The quantitative estimate of drug-likeness (QED) is 0.852. The number of aromatic nitrogens is 1. The summed E-state index contributed by atoms with van der Waals surface area (Å²) in [6.07, 6.45) is 1.28. The number of aliphatic hydroxyl groups is 1. The number of hydrogen-bond acceptors (Lipinski definition) is 3. The zero-order valence-corrected chi connectivity index (χ0v) is 13.0. The molecule has 2 rings (SSSR count). The highest BCUT2D eigenvalue weighted by Crippen LogP contribution is 2.19. The monoisotopic (exact) mass is 284 g/mol. The molecule has 1 aromatic heterocycles. The maximum Gasteiger partial charge on any atom is 0.0914 e. The van der Waals surface area contributed by atoms with Gasteiger partial charge in [-0.2, -0.15) is 0 Å². The Hall–Kier alpha value is -1.71. The fourth-order valence-corrected chi connectivity index (χ4v) is 2.25. The maximum absolute atomic E-state index is 10.3. The minimum absolute atomic E-state index is 0.121. The molecule has 0 spiro atoms. The van der Waals surface area contributed by atoms with Crippen molar-refractivity contribution in [2.24, 2.45) is 0 Å². The molecule has 0 amide bonds. The van der Waals surface area contributed by atoms with Crippen LogP contribution in [0.4, 0.5) is 0 Å². The van der Waals surface area contributed by atoms with Crippen LogP contribution in [0.1, 0.15) is 55.7 Å². The van der Waals surface area contributed by atoms with Gasteiger partial charge in [0.1, 0.15) is 0 Å². The smallest absolute Gasteiger partial charge is 0.0914 e. The number of pyridine rings is 1. The molecule has 0 aliphatic rings. The lowest BCUT2D eigenvalue weighted by atomic mass is 10.00. The van der Waals surface area contributed by atoms with Gasteiger partial charge in [-0.3, -0.25) is 4.98 Å². The van der Waals surface area contributed by atoms with E-state index in [9.17, 15) is 5.11 Å². The van der Waals surface area contributed by atoms with Gasteiger partial charge in [-0.25, -0.2) is 0 Å². The minimum atomic E-state index is -0.502. The Morgan fingerprint density at radius 1 is 1.00 bits per heavy atom. The van der Waals surface area contributed by atoms with Crippen molar-refractivity contribution in [2.45, 2.75) is 38.8 Å². The van der Waals surface area contributed by atoms with Gasteiger partial charge in [0.2, 0.25) is 0 Å². The highest BCUT2D eigenvalue weighted by molar-refractivity contribution is 5.26. The average Bonchev–Trinajstić information content (AvgIpc) is 2.53. The number of nitrogens with one attached hydrogen (secondary N) is 1. The first-order valence-electron chi connectivity index (χ1n) is 7.50. The second kappa shape index (κ2) is 7.34. The Morgan fingerprint density at radius 3 is 2.24 bits per heavy atom. The van der Waals surface area contributed by atoms with Crippen LogP contribution in [0, 0.1) is 0 Å². The van der Waals surface area contributed by atoms with Crippen LogP contribution in [-0.4, -0.2) is 16.6 Å². The van der Waals surface area contributed by atoms with Crippen molar-refractivity contribution >= 4 is 0 Å². The minimum Gasteiger partial charge on any atom is -0.387 e. The van der Waals surface area contributed by atoms with Gasteiger partial charge in [0, 0.05) is 18.8 Å². The zero-order valence-electron chi connectivity index (χ0n) is 13.0. The van der Waals surface area contributed by atoms with Crippen LogP contribution in [0.5, 0.6) is 0 Å². The van der Waals surface area contributed by atoms with Crippen molar-refractivity contribution in [3.05, 3.63) is 65.5 Å². The van der Waals surface area contributed by atoms with Gasteiger partial charge in [0.05, 0.1) is 11.8 Å². The van der Waals surface area contributed by atoms with E-state index in [2.05, 4.69) is 43.2 Å². The molecule has 2 N–H and O–H groups in total. The first-order chi connectivity index (χ1) is 10.1. The topological polar surface area (TPSA) is 45.1 Å². The molecule has 2 atom stereocenters. The number of hydrogen-bond donors (Lipinski definition) is 2. The van der Waals surface area contributed by atoms with E-state index in [-0.39, 0.29) is 6.04 Å². The molecule has 0 radical (unpaired) electrons. The summed E-state index contributed by atoms with van der Waals surface area (Å²) in [6.45, 7) is 6.90. The summed E-state index contributed by atoms with van der Waals surface area (Å²) in [5.74, 6) is 0.512. The number of benzene rings is 1. The van der Waals surface area contributed by atoms with Crippen LogP contribution < -0.4 is 5.32 Å². The van der Waals surface area contributed by atoms with Crippen LogP contribution in [0.3, 0.4) is 0 Å². The highest BCUT2D eigenvalue weighted by Gasteiger charge is 2.11. The standard InChI is InChI=1S/C18H24N2O/c1-13(2)15-7-9-16(10-8-15)18(21)12-20-14(3)17-6-4-5-11-19-17/h4-11,13-14,18,20-21H,12H2,1-3H3/t14-,18?/m0/s1. The molecule has 3 heteroatoms. The van der Waals surface area contributed by atoms with Gasteiger partial charge >= 0.3 is 0 Å². The van der Waals surface area contributed by atoms with E-state index >= 15 is 0 Å². The number of nitrogens with zero attached hydrogens (tertiary/aromatic N) is 1.